The van der Waals surface area contributed by atoms with Crippen molar-refractivity contribution in [2.45, 2.75) is 33.6 Å². The van der Waals surface area contributed by atoms with Gasteiger partial charge in [-0.15, -0.1) is 0 Å². The molecule has 1 unspecified atom stereocenters. The van der Waals surface area contributed by atoms with Gasteiger partial charge in [0.2, 0.25) is 5.91 Å². The minimum absolute atomic E-state index is 0.0171. The summed E-state index contributed by atoms with van der Waals surface area (Å²) in [7, 11) is 3.56. The Morgan fingerprint density at radius 1 is 1.45 bits per heavy atom. The van der Waals surface area contributed by atoms with Crippen LogP contribution in [0.4, 0.5) is 5.82 Å². The van der Waals surface area contributed by atoms with Crippen molar-refractivity contribution in [3.63, 3.8) is 0 Å². The predicted octanol–water partition coefficient (Wildman–Crippen LogP) is 2.21. The van der Waals surface area contributed by atoms with Crippen LogP contribution in [0, 0.1) is 12.8 Å². The predicted molar refractivity (Wildman–Crippen MR) is 82.3 cm³/mol. The summed E-state index contributed by atoms with van der Waals surface area (Å²) in [5.41, 5.74) is 0.845. The molecule has 0 fully saturated rings. The van der Waals surface area contributed by atoms with Crippen LogP contribution in [0.1, 0.15) is 31.7 Å². The summed E-state index contributed by atoms with van der Waals surface area (Å²) in [5, 5.41) is 3.14. The van der Waals surface area contributed by atoms with Crippen LogP contribution in [0.5, 0.6) is 0 Å². The van der Waals surface area contributed by atoms with Crippen LogP contribution in [0.3, 0.4) is 0 Å². The van der Waals surface area contributed by atoms with Gasteiger partial charge >= 0.3 is 0 Å². The molecule has 1 atom stereocenters. The van der Waals surface area contributed by atoms with E-state index in [9.17, 15) is 4.79 Å². The maximum Gasteiger partial charge on any atom is 0.224 e. The van der Waals surface area contributed by atoms with E-state index in [0.29, 0.717) is 11.7 Å². The van der Waals surface area contributed by atoms with Crippen molar-refractivity contribution in [1.29, 1.82) is 0 Å². The third-order valence-electron chi connectivity index (χ3n) is 3.18. The Morgan fingerprint density at radius 3 is 2.65 bits per heavy atom. The average Bonchev–Trinajstić information content (AvgIpc) is 2.41. The zero-order valence-electron chi connectivity index (χ0n) is 12.8. The van der Waals surface area contributed by atoms with E-state index in [1.807, 2.05) is 25.8 Å². The Labute approximate surface area is 125 Å². The molecule has 6 heteroatoms. The summed E-state index contributed by atoms with van der Waals surface area (Å²) in [5.74, 6) is 1.44. The summed E-state index contributed by atoms with van der Waals surface area (Å²) in [4.78, 5) is 22.4. The van der Waals surface area contributed by atoms with Crippen molar-refractivity contribution < 1.29 is 4.79 Å². The lowest BCUT2D eigenvalue weighted by Gasteiger charge is -2.24. The standard InChI is InChI=1S/C14H23ClN4O/c1-6-7-11-17-12(15)10(3)13(18-11)19(5)8-9(2)14(20)16-4/h9H,6-8H2,1-5H3,(H,16,20). The van der Waals surface area contributed by atoms with Gasteiger partial charge in [0.25, 0.3) is 0 Å². The molecular weight excluding hydrogens is 276 g/mol. The van der Waals surface area contributed by atoms with E-state index in [2.05, 4.69) is 22.2 Å². The smallest absolute Gasteiger partial charge is 0.224 e. The van der Waals surface area contributed by atoms with Gasteiger partial charge < -0.3 is 10.2 Å². The fourth-order valence-electron chi connectivity index (χ4n) is 2.05. The van der Waals surface area contributed by atoms with E-state index in [4.69, 9.17) is 11.6 Å². The van der Waals surface area contributed by atoms with Crippen molar-refractivity contribution >= 4 is 23.3 Å². The number of nitrogens with one attached hydrogen (secondary N) is 1. The molecule has 0 radical (unpaired) electrons. The first-order chi connectivity index (χ1) is 9.40. The number of nitrogens with zero attached hydrogens (tertiary/aromatic N) is 3. The number of aryl methyl sites for hydroxylation is 1. The molecule has 0 spiro atoms. The number of amides is 1. The SMILES string of the molecule is CCCc1nc(Cl)c(C)c(N(C)CC(C)C(=O)NC)n1. The number of carbonyl (C=O) groups excluding carboxylic acids is 1. The lowest BCUT2D eigenvalue weighted by molar-refractivity contribution is -0.123. The van der Waals surface area contributed by atoms with Crippen LogP contribution in [0.25, 0.3) is 0 Å². The second-order valence-electron chi connectivity index (χ2n) is 5.03. The molecule has 1 N–H and O–H groups in total. The Kier molecular flexibility index (Phi) is 6.20. The van der Waals surface area contributed by atoms with Crippen LogP contribution < -0.4 is 10.2 Å². The first kappa shape index (κ1) is 16.7. The van der Waals surface area contributed by atoms with Crippen LogP contribution in [0.15, 0.2) is 0 Å². The Bertz CT molecular complexity index is 478. The maximum absolute atomic E-state index is 11.6. The van der Waals surface area contributed by atoms with Crippen molar-refractivity contribution in [3.8, 4) is 0 Å². The molecule has 1 aromatic heterocycles. The number of rotatable bonds is 6. The number of carbonyl (C=O) groups is 1. The molecule has 0 aromatic carbocycles. The number of aromatic nitrogens is 2. The highest BCUT2D eigenvalue weighted by molar-refractivity contribution is 6.30. The molecule has 0 bridgehead atoms. The molecule has 0 saturated carbocycles. The molecule has 20 heavy (non-hydrogen) atoms. The monoisotopic (exact) mass is 298 g/mol. The third kappa shape index (κ3) is 4.07. The Morgan fingerprint density at radius 2 is 2.10 bits per heavy atom. The summed E-state index contributed by atoms with van der Waals surface area (Å²) < 4.78 is 0. The molecule has 1 heterocycles. The quantitative estimate of drug-likeness (QED) is 0.818. The van der Waals surface area contributed by atoms with E-state index >= 15 is 0 Å². The molecule has 0 aliphatic rings. The van der Waals surface area contributed by atoms with Gasteiger partial charge in [-0.3, -0.25) is 4.79 Å². The largest absolute Gasteiger partial charge is 0.359 e. The van der Waals surface area contributed by atoms with Gasteiger partial charge in [-0.2, -0.15) is 0 Å². The van der Waals surface area contributed by atoms with Crippen LogP contribution in [-0.4, -0.2) is 36.5 Å². The lowest BCUT2D eigenvalue weighted by Crippen LogP contribution is -2.35. The van der Waals surface area contributed by atoms with Crippen LogP contribution in [0.2, 0.25) is 5.15 Å². The Hall–Kier alpha value is -1.36. The fraction of sp³-hybridized carbons (Fsp3) is 0.643. The second kappa shape index (κ2) is 7.43. The molecule has 0 saturated heterocycles. The molecule has 1 amide bonds. The number of anilines is 1. The van der Waals surface area contributed by atoms with E-state index in [0.717, 1.165) is 30.0 Å². The fourth-order valence-corrected chi connectivity index (χ4v) is 2.24. The van der Waals surface area contributed by atoms with Crippen molar-refractivity contribution in [1.82, 2.24) is 15.3 Å². The lowest BCUT2D eigenvalue weighted by atomic mass is 10.1. The van der Waals surface area contributed by atoms with E-state index in [-0.39, 0.29) is 11.8 Å². The van der Waals surface area contributed by atoms with Gasteiger partial charge in [0.05, 0.1) is 5.92 Å². The summed E-state index contributed by atoms with van der Waals surface area (Å²) in [6, 6.07) is 0. The average molecular weight is 299 g/mol. The topological polar surface area (TPSA) is 58.1 Å². The van der Waals surface area contributed by atoms with Crippen molar-refractivity contribution in [2.75, 3.05) is 25.5 Å². The molecule has 112 valence electrons. The molecule has 0 aliphatic heterocycles. The zero-order chi connectivity index (χ0) is 15.3. The van der Waals surface area contributed by atoms with Crippen molar-refractivity contribution in [3.05, 3.63) is 16.5 Å². The van der Waals surface area contributed by atoms with E-state index in [1.165, 1.54) is 0 Å². The van der Waals surface area contributed by atoms with Crippen LogP contribution in [-0.2, 0) is 11.2 Å². The molecule has 1 rings (SSSR count). The number of hydrogen-bond donors (Lipinski definition) is 1. The second-order valence-corrected chi connectivity index (χ2v) is 5.38. The third-order valence-corrected chi connectivity index (χ3v) is 3.55. The molecule has 5 nitrogen and oxygen atoms in total. The van der Waals surface area contributed by atoms with Gasteiger partial charge in [-0.05, 0) is 13.3 Å². The summed E-state index contributed by atoms with van der Waals surface area (Å²) >= 11 is 6.17. The highest BCUT2D eigenvalue weighted by Crippen LogP contribution is 2.23. The summed E-state index contributed by atoms with van der Waals surface area (Å²) in [6.07, 6.45) is 1.77. The first-order valence-electron chi connectivity index (χ1n) is 6.86. The van der Waals surface area contributed by atoms with Crippen LogP contribution >= 0.6 is 11.6 Å². The van der Waals surface area contributed by atoms with Gasteiger partial charge in [0.1, 0.15) is 16.8 Å². The zero-order valence-corrected chi connectivity index (χ0v) is 13.6. The minimum atomic E-state index is -0.118. The van der Waals surface area contributed by atoms with Crippen molar-refractivity contribution in [2.24, 2.45) is 5.92 Å². The van der Waals surface area contributed by atoms with E-state index < -0.39 is 0 Å². The molecule has 0 aliphatic carbocycles. The molecular formula is C14H23ClN4O. The normalized spacial score (nSPS) is 12.1. The Balaban J connectivity index is 2.96. The minimum Gasteiger partial charge on any atom is -0.359 e. The number of halogens is 1. The van der Waals surface area contributed by atoms with Gasteiger partial charge in [-0.1, -0.05) is 25.4 Å². The van der Waals surface area contributed by atoms with Gasteiger partial charge in [0.15, 0.2) is 0 Å². The highest BCUT2D eigenvalue weighted by Gasteiger charge is 2.18. The first-order valence-corrected chi connectivity index (χ1v) is 7.24. The summed E-state index contributed by atoms with van der Waals surface area (Å²) in [6.45, 7) is 6.45. The van der Waals surface area contributed by atoms with Gasteiger partial charge in [-0.25, -0.2) is 9.97 Å². The highest BCUT2D eigenvalue weighted by atomic mass is 35.5. The van der Waals surface area contributed by atoms with Gasteiger partial charge in [0, 0.05) is 32.6 Å². The van der Waals surface area contributed by atoms with E-state index in [1.54, 1.807) is 7.05 Å². The molecule has 1 aromatic rings. The maximum atomic E-state index is 11.6. The number of hydrogen-bond acceptors (Lipinski definition) is 4.